The van der Waals surface area contributed by atoms with Crippen molar-refractivity contribution >= 4 is 16.8 Å². The molecule has 1 aromatic carbocycles. The van der Waals surface area contributed by atoms with Crippen molar-refractivity contribution in [1.29, 1.82) is 0 Å². The summed E-state index contributed by atoms with van der Waals surface area (Å²) in [6, 6.07) is 7.25. The molecular formula is C14H15N3O3. The van der Waals surface area contributed by atoms with Crippen LogP contribution in [0.5, 0.6) is 0 Å². The second-order valence-corrected chi connectivity index (χ2v) is 4.69. The minimum absolute atomic E-state index is 0.0296. The SMILES string of the molecule is O=C1COCCN1CCn1cnc2ccccc2c1=O. The Morgan fingerprint density at radius 2 is 2.05 bits per heavy atom. The third-order valence-electron chi connectivity index (χ3n) is 3.43. The molecule has 0 atom stereocenters. The Morgan fingerprint density at radius 1 is 1.20 bits per heavy atom. The zero-order valence-electron chi connectivity index (χ0n) is 11.0. The van der Waals surface area contributed by atoms with Gasteiger partial charge in [0.05, 0.1) is 23.8 Å². The van der Waals surface area contributed by atoms with Gasteiger partial charge in [-0.3, -0.25) is 14.2 Å². The minimum Gasteiger partial charge on any atom is -0.370 e. The molecule has 0 saturated carbocycles. The molecule has 104 valence electrons. The van der Waals surface area contributed by atoms with Crippen molar-refractivity contribution in [3.05, 3.63) is 40.9 Å². The number of hydrogen-bond acceptors (Lipinski definition) is 4. The Kier molecular flexibility index (Phi) is 3.47. The third kappa shape index (κ3) is 2.42. The largest absolute Gasteiger partial charge is 0.370 e. The summed E-state index contributed by atoms with van der Waals surface area (Å²) in [7, 11) is 0. The van der Waals surface area contributed by atoms with Gasteiger partial charge in [0.1, 0.15) is 6.61 Å². The number of nitrogens with zero attached hydrogens (tertiary/aromatic N) is 3. The number of fused-ring (bicyclic) bond motifs is 1. The summed E-state index contributed by atoms with van der Waals surface area (Å²) in [6.45, 7) is 2.21. The Bertz CT molecular complexity index is 695. The second-order valence-electron chi connectivity index (χ2n) is 4.69. The molecule has 0 unspecified atom stereocenters. The van der Waals surface area contributed by atoms with Gasteiger partial charge in [-0.15, -0.1) is 0 Å². The van der Waals surface area contributed by atoms with Crippen molar-refractivity contribution in [2.24, 2.45) is 0 Å². The number of carbonyl (C=O) groups is 1. The van der Waals surface area contributed by atoms with Crippen LogP contribution in [0.1, 0.15) is 0 Å². The van der Waals surface area contributed by atoms with E-state index in [0.717, 1.165) is 0 Å². The van der Waals surface area contributed by atoms with Crippen LogP contribution in [0.25, 0.3) is 10.9 Å². The average molecular weight is 273 g/mol. The van der Waals surface area contributed by atoms with E-state index in [4.69, 9.17) is 4.74 Å². The maximum Gasteiger partial charge on any atom is 0.261 e. The van der Waals surface area contributed by atoms with Gasteiger partial charge in [0, 0.05) is 19.6 Å². The van der Waals surface area contributed by atoms with Crippen LogP contribution in [0.3, 0.4) is 0 Å². The molecule has 1 aliphatic rings. The molecule has 1 saturated heterocycles. The van der Waals surface area contributed by atoms with Crippen LogP contribution >= 0.6 is 0 Å². The third-order valence-corrected chi connectivity index (χ3v) is 3.43. The highest BCUT2D eigenvalue weighted by molar-refractivity contribution is 5.78. The van der Waals surface area contributed by atoms with Crippen LogP contribution in [0, 0.1) is 0 Å². The highest BCUT2D eigenvalue weighted by Gasteiger charge is 2.18. The number of aromatic nitrogens is 2. The predicted molar refractivity (Wildman–Crippen MR) is 73.4 cm³/mol. The highest BCUT2D eigenvalue weighted by Crippen LogP contribution is 2.05. The van der Waals surface area contributed by atoms with Crippen molar-refractivity contribution in [3.63, 3.8) is 0 Å². The maximum atomic E-state index is 12.3. The summed E-state index contributed by atoms with van der Waals surface area (Å²) in [5.74, 6) is -0.0296. The minimum atomic E-state index is -0.0729. The molecule has 20 heavy (non-hydrogen) atoms. The number of benzene rings is 1. The quantitative estimate of drug-likeness (QED) is 0.804. The first-order valence-corrected chi connectivity index (χ1v) is 6.55. The fraction of sp³-hybridized carbons (Fsp3) is 0.357. The summed E-state index contributed by atoms with van der Waals surface area (Å²) in [6.07, 6.45) is 1.54. The summed E-state index contributed by atoms with van der Waals surface area (Å²) in [5, 5.41) is 0.600. The lowest BCUT2D eigenvalue weighted by atomic mass is 10.2. The smallest absolute Gasteiger partial charge is 0.261 e. The fourth-order valence-corrected chi connectivity index (χ4v) is 2.28. The first-order valence-electron chi connectivity index (χ1n) is 6.55. The summed E-state index contributed by atoms with van der Waals surface area (Å²) < 4.78 is 6.62. The zero-order valence-corrected chi connectivity index (χ0v) is 11.0. The van der Waals surface area contributed by atoms with Gasteiger partial charge in [-0.05, 0) is 12.1 Å². The molecule has 0 radical (unpaired) electrons. The maximum absolute atomic E-state index is 12.3. The Balaban J connectivity index is 1.79. The van der Waals surface area contributed by atoms with E-state index in [0.29, 0.717) is 37.1 Å². The number of ether oxygens (including phenoxy) is 1. The summed E-state index contributed by atoms with van der Waals surface area (Å²) in [5.41, 5.74) is 0.618. The number of amides is 1. The molecule has 0 aliphatic carbocycles. The van der Waals surface area contributed by atoms with Gasteiger partial charge in [-0.25, -0.2) is 4.98 Å². The molecule has 2 aromatic rings. The molecule has 0 spiro atoms. The molecular weight excluding hydrogens is 258 g/mol. The number of rotatable bonds is 3. The van der Waals surface area contributed by atoms with Crippen molar-refractivity contribution < 1.29 is 9.53 Å². The van der Waals surface area contributed by atoms with Gasteiger partial charge in [-0.2, -0.15) is 0 Å². The molecule has 3 rings (SSSR count). The van der Waals surface area contributed by atoms with Crippen LogP contribution in [-0.2, 0) is 16.1 Å². The molecule has 0 N–H and O–H groups in total. The Morgan fingerprint density at radius 3 is 2.90 bits per heavy atom. The van der Waals surface area contributed by atoms with Crippen LogP contribution in [0.2, 0.25) is 0 Å². The Hall–Kier alpha value is -2.21. The van der Waals surface area contributed by atoms with E-state index in [1.54, 1.807) is 15.5 Å². The molecule has 6 heteroatoms. The lowest BCUT2D eigenvalue weighted by molar-refractivity contribution is -0.142. The van der Waals surface area contributed by atoms with Crippen molar-refractivity contribution in [3.8, 4) is 0 Å². The van der Waals surface area contributed by atoms with Crippen LogP contribution < -0.4 is 5.56 Å². The van der Waals surface area contributed by atoms with Gasteiger partial charge in [-0.1, -0.05) is 12.1 Å². The normalized spacial score (nSPS) is 15.8. The molecule has 6 nitrogen and oxygen atoms in total. The molecule has 1 amide bonds. The van der Waals surface area contributed by atoms with Gasteiger partial charge in [0.2, 0.25) is 5.91 Å². The van der Waals surface area contributed by atoms with Crippen molar-refractivity contribution in [2.75, 3.05) is 26.3 Å². The van der Waals surface area contributed by atoms with Crippen LogP contribution in [0.4, 0.5) is 0 Å². The molecule has 1 aromatic heterocycles. The first kappa shape index (κ1) is 12.8. The van der Waals surface area contributed by atoms with Gasteiger partial charge < -0.3 is 9.64 Å². The van der Waals surface area contributed by atoms with Crippen molar-refractivity contribution in [2.45, 2.75) is 6.54 Å². The molecule has 1 fully saturated rings. The lowest BCUT2D eigenvalue weighted by Gasteiger charge is -2.26. The number of para-hydroxylation sites is 1. The zero-order chi connectivity index (χ0) is 13.9. The Labute approximate surface area is 115 Å². The van der Waals surface area contributed by atoms with Gasteiger partial charge >= 0.3 is 0 Å². The van der Waals surface area contributed by atoms with E-state index in [1.807, 2.05) is 18.2 Å². The number of hydrogen-bond donors (Lipinski definition) is 0. The topological polar surface area (TPSA) is 64.4 Å². The fourth-order valence-electron chi connectivity index (χ4n) is 2.28. The predicted octanol–water partition coefficient (Wildman–Crippen LogP) is 0.255. The van der Waals surface area contributed by atoms with Crippen LogP contribution in [0.15, 0.2) is 35.4 Å². The van der Waals surface area contributed by atoms with Crippen molar-refractivity contribution in [1.82, 2.24) is 14.5 Å². The number of carbonyl (C=O) groups excluding carboxylic acids is 1. The number of morpholine rings is 1. The van der Waals surface area contributed by atoms with E-state index in [1.165, 1.54) is 6.33 Å². The van der Waals surface area contributed by atoms with Gasteiger partial charge in [0.25, 0.3) is 5.56 Å². The monoisotopic (exact) mass is 273 g/mol. The standard InChI is InChI=1S/C14H15N3O3/c18-13-9-20-8-7-16(13)5-6-17-10-15-12-4-2-1-3-11(12)14(17)19/h1-4,10H,5-9H2. The average Bonchev–Trinajstić information content (AvgIpc) is 2.48. The summed E-state index contributed by atoms with van der Waals surface area (Å²) in [4.78, 5) is 29.9. The molecule has 2 heterocycles. The van der Waals surface area contributed by atoms with E-state index in [2.05, 4.69) is 4.98 Å². The van der Waals surface area contributed by atoms with E-state index >= 15 is 0 Å². The first-order chi connectivity index (χ1) is 9.75. The van der Waals surface area contributed by atoms with Crippen LogP contribution in [-0.4, -0.2) is 46.7 Å². The lowest BCUT2D eigenvalue weighted by Crippen LogP contribution is -2.43. The van der Waals surface area contributed by atoms with E-state index in [-0.39, 0.29) is 18.1 Å². The summed E-state index contributed by atoms with van der Waals surface area (Å²) >= 11 is 0. The van der Waals surface area contributed by atoms with E-state index in [9.17, 15) is 9.59 Å². The van der Waals surface area contributed by atoms with E-state index < -0.39 is 0 Å². The molecule has 1 aliphatic heterocycles. The molecule has 0 bridgehead atoms. The second kappa shape index (κ2) is 5.42. The highest BCUT2D eigenvalue weighted by atomic mass is 16.5. The van der Waals surface area contributed by atoms with Gasteiger partial charge in [0.15, 0.2) is 0 Å².